The van der Waals surface area contributed by atoms with Crippen LogP contribution in [0.3, 0.4) is 0 Å². The Kier molecular flexibility index (Phi) is 3.54. The minimum Gasteiger partial charge on any atom is -0.408 e. The molecule has 126 valence electrons. The molecule has 2 aromatic heterocycles. The number of fused-ring (bicyclic) bond motifs is 1. The first-order valence-corrected chi connectivity index (χ1v) is 9.10. The van der Waals surface area contributed by atoms with Crippen LogP contribution in [-0.4, -0.2) is 40.6 Å². The maximum atomic E-state index is 12.8. The maximum absolute atomic E-state index is 12.8. The number of nitrogens with zero attached hydrogens (tertiary/aromatic N) is 3. The van der Waals surface area contributed by atoms with Crippen molar-refractivity contribution in [2.24, 2.45) is 0 Å². The van der Waals surface area contributed by atoms with Crippen LogP contribution in [0.25, 0.3) is 11.1 Å². The Bertz CT molecular complexity index is 1010. The SMILES string of the molecule is O=c1[nH]c2ccc(S(=O)(=O)N3CCC(n4cccn4)CC3)cc2o1. The van der Waals surface area contributed by atoms with Gasteiger partial charge in [-0.2, -0.15) is 9.40 Å². The number of aromatic nitrogens is 3. The van der Waals surface area contributed by atoms with Gasteiger partial charge < -0.3 is 4.42 Å². The van der Waals surface area contributed by atoms with Crippen molar-refractivity contribution in [3.05, 3.63) is 47.2 Å². The Hall–Kier alpha value is -2.39. The van der Waals surface area contributed by atoms with E-state index in [0.717, 1.165) is 0 Å². The van der Waals surface area contributed by atoms with E-state index >= 15 is 0 Å². The Labute approximate surface area is 137 Å². The van der Waals surface area contributed by atoms with E-state index in [0.29, 0.717) is 31.4 Å². The number of piperidine rings is 1. The van der Waals surface area contributed by atoms with Gasteiger partial charge in [0.05, 0.1) is 16.5 Å². The van der Waals surface area contributed by atoms with Gasteiger partial charge in [0.15, 0.2) is 5.58 Å². The van der Waals surface area contributed by atoms with E-state index < -0.39 is 15.8 Å². The van der Waals surface area contributed by atoms with Crippen LogP contribution in [0.1, 0.15) is 18.9 Å². The molecule has 0 unspecified atom stereocenters. The molecule has 1 fully saturated rings. The number of benzene rings is 1. The third kappa shape index (κ3) is 2.55. The van der Waals surface area contributed by atoms with Crippen LogP contribution in [0.15, 0.2) is 50.8 Å². The summed E-state index contributed by atoms with van der Waals surface area (Å²) in [5, 5.41) is 4.23. The zero-order valence-corrected chi connectivity index (χ0v) is 13.6. The minimum atomic E-state index is -3.61. The molecule has 0 spiro atoms. The average molecular weight is 348 g/mol. The van der Waals surface area contributed by atoms with Crippen LogP contribution in [0, 0.1) is 0 Å². The first-order valence-electron chi connectivity index (χ1n) is 7.66. The molecular formula is C15H16N4O4S. The first-order chi connectivity index (χ1) is 11.5. The highest BCUT2D eigenvalue weighted by atomic mass is 32.2. The van der Waals surface area contributed by atoms with E-state index in [2.05, 4.69) is 10.1 Å². The van der Waals surface area contributed by atoms with E-state index in [1.165, 1.54) is 16.4 Å². The summed E-state index contributed by atoms with van der Waals surface area (Å²) in [6.45, 7) is 0.865. The van der Waals surface area contributed by atoms with E-state index in [1.54, 1.807) is 12.3 Å². The van der Waals surface area contributed by atoms with Crippen molar-refractivity contribution in [2.75, 3.05) is 13.1 Å². The second kappa shape index (κ2) is 5.60. The van der Waals surface area contributed by atoms with Gasteiger partial charge in [-0.25, -0.2) is 13.2 Å². The molecule has 4 rings (SSSR count). The molecule has 24 heavy (non-hydrogen) atoms. The molecule has 1 aliphatic heterocycles. The number of rotatable bonds is 3. The predicted molar refractivity (Wildman–Crippen MR) is 86.1 cm³/mol. The van der Waals surface area contributed by atoms with E-state index in [4.69, 9.17) is 4.42 Å². The smallest absolute Gasteiger partial charge is 0.408 e. The fourth-order valence-corrected chi connectivity index (χ4v) is 4.56. The predicted octanol–water partition coefficient (Wildman–Crippen LogP) is 1.34. The number of oxazole rings is 1. The highest BCUT2D eigenvalue weighted by molar-refractivity contribution is 7.89. The van der Waals surface area contributed by atoms with Gasteiger partial charge in [0, 0.05) is 31.5 Å². The lowest BCUT2D eigenvalue weighted by atomic mass is 10.1. The van der Waals surface area contributed by atoms with Gasteiger partial charge in [0.2, 0.25) is 10.0 Å². The molecule has 1 saturated heterocycles. The summed E-state index contributed by atoms with van der Waals surface area (Å²) < 4.78 is 33.9. The molecule has 1 aliphatic rings. The second-order valence-electron chi connectivity index (χ2n) is 5.79. The zero-order valence-electron chi connectivity index (χ0n) is 12.8. The summed E-state index contributed by atoms with van der Waals surface area (Å²) in [4.78, 5) is 13.8. The molecule has 0 saturated carbocycles. The van der Waals surface area contributed by atoms with Gasteiger partial charge in [0.1, 0.15) is 0 Å². The van der Waals surface area contributed by atoms with E-state index in [9.17, 15) is 13.2 Å². The van der Waals surface area contributed by atoms with Crippen LogP contribution in [0.4, 0.5) is 0 Å². The monoisotopic (exact) mass is 348 g/mol. The fraction of sp³-hybridized carbons (Fsp3) is 0.333. The van der Waals surface area contributed by atoms with Crippen molar-refractivity contribution in [3.63, 3.8) is 0 Å². The lowest BCUT2D eigenvalue weighted by Crippen LogP contribution is -2.39. The molecule has 0 amide bonds. The summed E-state index contributed by atoms with van der Waals surface area (Å²) in [6, 6.07) is 6.51. The number of aromatic amines is 1. The largest absolute Gasteiger partial charge is 0.417 e. The number of hydrogen-bond donors (Lipinski definition) is 1. The molecule has 1 N–H and O–H groups in total. The van der Waals surface area contributed by atoms with Gasteiger partial charge in [-0.3, -0.25) is 9.67 Å². The Morgan fingerprint density at radius 3 is 2.75 bits per heavy atom. The van der Waals surface area contributed by atoms with Crippen LogP contribution in [0.2, 0.25) is 0 Å². The number of sulfonamides is 1. The van der Waals surface area contributed by atoms with Crippen molar-refractivity contribution in [1.82, 2.24) is 19.1 Å². The Balaban J connectivity index is 1.57. The number of nitrogens with one attached hydrogen (secondary N) is 1. The highest BCUT2D eigenvalue weighted by Crippen LogP contribution is 2.27. The van der Waals surface area contributed by atoms with Crippen molar-refractivity contribution < 1.29 is 12.8 Å². The molecule has 0 aliphatic carbocycles. The summed E-state index contributed by atoms with van der Waals surface area (Å²) in [5.41, 5.74) is 0.726. The van der Waals surface area contributed by atoms with Crippen LogP contribution >= 0.6 is 0 Å². The van der Waals surface area contributed by atoms with Crippen LogP contribution in [-0.2, 0) is 10.0 Å². The molecule has 0 atom stereocenters. The maximum Gasteiger partial charge on any atom is 0.417 e. The number of hydrogen-bond acceptors (Lipinski definition) is 5. The van der Waals surface area contributed by atoms with Crippen LogP contribution < -0.4 is 5.76 Å². The normalized spacial score (nSPS) is 17.5. The van der Waals surface area contributed by atoms with Gasteiger partial charge in [-0.05, 0) is 31.0 Å². The molecule has 3 heterocycles. The fourth-order valence-electron chi connectivity index (χ4n) is 3.08. The lowest BCUT2D eigenvalue weighted by Gasteiger charge is -2.31. The third-order valence-corrected chi connectivity index (χ3v) is 6.25. The summed E-state index contributed by atoms with van der Waals surface area (Å²) >= 11 is 0. The second-order valence-corrected chi connectivity index (χ2v) is 7.73. The highest BCUT2D eigenvalue weighted by Gasteiger charge is 2.30. The van der Waals surface area contributed by atoms with Gasteiger partial charge >= 0.3 is 5.76 Å². The van der Waals surface area contributed by atoms with Crippen LogP contribution in [0.5, 0.6) is 0 Å². The van der Waals surface area contributed by atoms with E-state index in [1.807, 2.05) is 16.9 Å². The molecule has 1 aromatic carbocycles. The van der Waals surface area contributed by atoms with Gasteiger partial charge in [-0.1, -0.05) is 0 Å². The van der Waals surface area contributed by atoms with Gasteiger partial charge in [-0.15, -0.1) is 0 Å². The molecule has 0 bridgehead atoms. The summed E-state index contributed by atoms with van der Waals surface area (Å²) in [5.74, 6) is -0.598. The zero-order chi connectivity index (χ0) is 16.7. The van der Waals surface area contributed by atoms with Crippen molar-refractivity contribution >= 4 is 21.1 Å². The molecular weight excluding hydrogens is 332 g/mol. The first kappa shape index (κ1) is 15.2. The molecule has 9 heteroatoms. The van der Waals surface area contributed by atoms with E-state index in [-0.39, 0.29) is 16.5 Å². The topological polar surface area (TPSA) is 101 Å². The summed E-state index contributed by atoms with van der Waals surface area (Å²) in [7, 11) is -3.61. The van der Waals surface area contributed by atoms with Crippen molar-refractivity contribution in [3.8, 4) is 0 Å². The quantitative estimate of drug-likeness (QED) is 0.770. The third-order valence-electron chi connectivity index (χ3n) is 4.35. The number of H-pyrrole nitrogens is 1. The standard InChI is InChI=1S/C15H16N4O4S/c20-15-17-13-3-2-12(10-14(13)23-15)24(21,22)18-8-4-11(5-9-18)19-7-1-6-16-19/h1-3,6-7,10-11H,4-5,8-9H2,(H,17,20). The molecule has 0 radical (unpaired) electrons. The van der Waals surface area contributed by atoms with Crippen molar-refractivity contribution in [1.29, 1.82) is 0 Å². The molecule has 8 nitrogen and oxygen atoms in total. The lowest BCUT2D eigenvalue weighted by molar-refractivity contribution is 0.261. The minimum absolute atomic E-state index is 0.135. The average Bonchev–Trinajstić information content (AvgIpc) is 3.22. The Morgan fingerprint density at radius 1 is 1.25 bits per heavy atom. The summed E-state index contributed by atoms with van der Waals surface area (Å²) in [6.07, 6.45) is 5.05. The van der Waals surface area contributed by atoms with Crippen molar-refractivity contribution in [2.45, 2.75) is 23.8 Å². The van der Waals surface area contributed by atoms with Gasteiger partial charge in [0.25, 0.3) is 0 Å². The molecule has 3 aromatic rings. The Morgan fingerprint density at radius 2 is 2.04 bits per heavy atom.